The van der Waals surface area contributed by atoms with Gasteiger partial charge in [-0.05, 0) is 43.9 Å². The number of rotatable bonds is 7. The molecule has 1 aliphatic carbocycles. The Labute approximate surface area is 162 Å². The molecule has 2 amide bonds. The van der Waals surface area contributed by atoms with Crippen molar-refractivity contribution in [1.82, 2.24) is 10.0 Å². The summed E-state index contributed by atoms with van der Waals surface area (Å²) < 4.78 is 33.5. The van der Waals surface area contributed by atoms with Crippen molar-refractivity contribution < 1.29 is 22.7 Å². The van der Waals surface area contributed by atoms with E-state index in [1.54, 1.807) is 13.0 Å². The van der Waals surface area contributed by atoms with Crippen molar-refractivity contribution in [3.63, 3.8) is 0 Å². The largest absolute Gasteiger partial charge is 0.492 e. The number of halogens is 1. The topological polar surface area (TPSA) is 102 Å². The van der Waals surface area contributed by atoms with E-state index in [1.165, 1.54) is 19.1 Å². The summed E-state index contributed by atoms with van der Waals surface area (Å²) in [6.07, 6.45) is 3.47. The highest BCUT2D eigenvalue weighted by molar-refractivity contribution is 9.10. The van der Waals surface area contributed by atoms with Gasteiger partial charge in [0.15, 0.2) is 0 Å². The van der Waals surface area contributed by atoms with Gasteiger partial charge in [0.1, 0.15) is 16.7 Å². The molecule has 2 rings (SSSR count). The van der Waals surface area contributed by atoms with E-state index in [1.807, 2.05) is 0 Å². The molecule has 1 aromatic rings. The molecule has 26 heavy (non-hydrogen) atoms. The van der Waals surface area contributed by atoms with Crippen molar-refractivity contribution >= 4 is 37.8 Å². The van der Waals surface area contributed by atoms with E-state index in [0.717, 1.165) is 25.7 Å². The second-order valence-electron chi connectivity index (χ2n) is 6.22. The first-order chi connectivity index (χ1) is 12.2. The van der Waals surface area contributed by atoms with E-state index in [9.17, 15) is 18.0 Å². The van der Waals surface area contributed by atoms with Crippen molar-refractivity contribution in [3.8, 4) is 5.75 Å². The first-order valence-electron chi connectivity index (χ1n) is 8.50. The molecule has 0 radical (unpaired) electrons. The molecule has 0 aromatic heterocycles. The average Bonchev–Trinajstić information content (AvgIpc) is 3.08. The summed E-state index contributed by atoms with van der Waals surface area (Å²) in [4.78, 5) is 24.0. The van der Waals surface area contributed by atoms with E-state index >= 15 is 0 Å². The van der Waals surface area contributed by atoms with Crippen LogP contribution in [-0.2, 0) is 19.6 Å². The van der Waals surface area contributed by atoms with Crippen LogP contribution in [0.25, 0.3) is 0 Å². The van der Waals surface area contributed by atoms with Crippen LogP contribution in [0.4, 0.5) is 0 Å². The molecule has 2 N–H and O–H groups in total. The number of benzene rings is 1. The first-order valence-corrected chi connectivity index (χ1v) is 10.8. The lowest BCUT2D eigenvalue weighted by Crippen LogP contribution is -2.51. The summed E-state index contributed by atoms with van der Waals surface area (Å²) in [5, 5.41) is 2.59. The molecular formula is C17H23BrN2O5S. The highest BCUT2D eigenvalue weighted by atomic mass is 79.9. The van der Waals surface area contributed by atoms with Crippen LogP contribution in [0.5, 0.6) is 5.75 Å². The molecule has 1 fully saturated rings. The maximum atomic E-state index is 12.8. The zero-order valence-electron chi connectivity index (χ0n) is 14.7. The summed E-state index contributed by atoms with van der Waals surface area (Å²) in [5.41, 5.74) is 0. The normalized spacial score (nSPS) is 16.1. The number of hydrogen-bond donors (Lipinski definition) is 2. The predicted molar refractivity (Wildman–Crippen MR) is 100 cm³/mol. The smallest absolute Gasteiger partial charge is 0.267 e. The van der Waals surface area contributed by atoms with E-state index in [-0.39, 0.29) is 29.1 Å². The highest BCUT2D eigenvalue weighted by Crippen LogP contribution is 2.30. The van der Waals surface area contributed by atoms with Gasteiger partial charge >= 0.3 is 0 Å². The lowest BCUT2D eigenvalue weighted by molar-refractivity contribution is -0.128. The Balaban J connectivity index is 2.27. The van der Waals surface area contributed by atoms with Gasteiger partial charge in [-0.25, -0.2) is 13.1 Å². The predicted octanol–water partition coefficient (Wildman–Crippen LogP) is 2.35. The average molecular weight is 447 g/mol. The maximum absolute atomic E-state index is 12.8. The second kappa shape index (κ2) is 8.85. The minimum atomic E-state index is -4.15. The number of amides is 2. The lowest BCUT2D eigenvalue weighted by atomic mass is 9.97. The zero-order valence-corrected chi connectivity index (χ0v) is 17.2. The van der Waals surface area contributed by atoms with Crippen LogP contribution in [0, 0.1) is 5.92 Å². The van der Waals surface area contributed by atoms with Gasteiger partial charge in [-0.2, -0.15) is 0 Å². The fourth-order valence-corrected chi connectivity index (χ4v) is 4.81. The van der Waals surface area contributed by atoms with Crippen molar-refractivity contribution in [3.05, 3.63) is 22.7 Å². The third kappa shape index (κ3) is 5.20. The Morgan fingerprint density at radius 3 is 2.54 bits per heavy atom. The van der Waals surface area contributed by atoms with E-state index in [4.69, 9.17) is 4.74 Å². The SMILES string of the molecule is CCOc1ccc(Br)cc1S(=O)(=O)NC(=O)[C@H](NC(C)=O)C1CCCC1. The Morgan fingerprint density at radius 1 is 1.31 bits per heavy atom. The molecule has 9 heteroatoms. The van der Waals surface area contributed by atoms with Crippen molar-refractivity contribution in [2.45, 2.75) is 50.5 Å². The molecule has 0 spiro atoms. The zero-order chi connectivity index (χ0) is 19.3. The van der Waals surface area contributed by atoms with Gasteiger partial charge in [0, 0.05) is 11.4 Å². The number of carbonyl (C=O) groups is 2. The van der Waals surface area contributed by atoms with E-state index in [0.29, 0.717) is 4.47 Å². The van der Waals surface area contributed by atoms with Crippen LogP contribution in [0.1, 0.15) is 39.5 Å². The number of ether oxygens (including phenoxy) is 1. The number of nitrogens with one attached hydrogen (secondary N) is 2. The molecule has 1 aliphatic rings. The minimum Gasteiger partial charge on any atom is -0.492 e. The number of hydrogen-bond acceptors (Lipinski definition) is 5. The molecule has 0 saturated heterocycles. The van der Waals surface area contributed by atoms with Crippen molar-refractivity contribution in [2.24, 2.45) is 5.92 Å². The molecular weight excluding hydrogens is 424 g/mol. The Morgan fingerprint density at radius 2 is 1.96 bits per heavy atom. The molecule has 1 aromatic carbocycles. The summed E-state index contributed by atoms with van der Waals surface area (Å²) in [6, 6.07) is 3.69. The molecule has 0 unspecified atom stereocenters. The van der Waals surface area contributed by atoms with Gasteiger partial charge in [-0.1, -0.05) is 28.8 Å². The van der Waals surface area contributed by atoms with Gasteiger partial charge in [-0.15, -0.1) is 0 Å². The van der Waals surface area contributed by atoms with Gasteiger partial charge in [0.05, 0.1) is 6.61 Å². The monoisotopic (exact) mass is 446 g/mol. The second-order valence-corrected chi connectivity index (χ2v) is 8.78. The van der Waals surface area contributed by atoms with Crippen molar-refractivity contribution in [1.29, 1.82) is 0 Å². The Hall–Kier alpha value is -1.61. The van der Waals surface area contributed by atoms with Crippen molar-refractivity contribution in [2.75, 3.05) is 6.61 Å². The molecule has 7 nitrogen and oxygen atoms in total. The molecule has 0 bridgehead atoms. The lowest BCUT2D eigenvalue weighted by Gasteiger charge is -2.23. The van der Waals surface area contributed by atoms with Crippen LogP contribution in [0.2, 0.25) is 0 Å². The van der Waals surface area contributed by atoms with Gasteiger partial charge in [0.25, 0.3) is 15.9 Å². The maximum Gasteiger partial charge on any atom is 0.267 e. The van der Waals surface area contributed by atoms with Gasteiger partial charge < -0.3 is 10.1 Å². The minimum absolute atomic E-state index is 0.0667. The molecule has 144 valence electrons. The fraction of sp³-hybridized carbons (Fsp3) is 0.529. The summed E-state index contributed by atoms with van der Waals surface area (Å²) in [7, 11) is -4.15. The molecule has 1 saturated carbocycles. The number of carbonyl (C=O) groups excluding carboxylic acids is 2. The molecule has 0 heterocycles. The standard InChI is InChI=1S/C17H23BrN2O5S/c1-3-25-14-9-8-13(18)10-15(14)26(23,24)20-17(22)16(19-11(2)21)12-6-4-5-7-12/h8-10,12,16H,3-7H2,1-2H3,(H,19,21)(H,20,22)/t16-/m1/s1. The first kappa shape index (κ1) is 20.7. The summed E-state index contributed by atoms with van der Waals surface area (Å²) >= 11 is 3.23. The highest BCUT2D eigenvalue weighted by Gasteiger charge is 2.34. The van der Waals surface area contributed by atoms with Crippen LogP contribution < -0.4 is 14.8 Å². The summed E-state index contributed by atoms with van der Waals surface area (Å²) in [6.45, 7) is 3.34. The van der Waals surface area contributed by atoms with Crippen LogP contribution in [-0.4, -0.2) is 32.9 Å². The number of sulfonamides is 1. The Bertz CT molecular complexity index is 775. The third-order valence-electron chi connectivity index (χ3n) is 4.24. The van der Waals surface area contributed by atoms with Crippen LogP contribution in [0.3, 0.4) is 0 Å². The van der Waals surface area contributed by atoms with Crippen LogP contribution in [0.15, 0.2) is 27.6 Å². The van der Waals surface area contributed by atoms with Crippen LogP contribution >= 0.6 is 15.9 Å². The van der Waals surface area contributed by atoms with Gasteiger partial charge in [-0.3, -0.25) is 9.59 Å². The third-order valence-corrected chi connectivity index (χ3v) is 6.10. The molecule has 0 aliphatic heterocycles. The fourth-order valence-electron chi connectivity index (χ4n) is 3.12. The summed E-state index contributed by atoms with van der Waals surface area (Å²) in [5.74, 6) is -1.00. The quantitative estimate of drug-likeness (QED) is 0.668. The molecule has 1 atom stereocenters. The van der Waals surface area contributed by atoms with E-state index in [2.05, 4.69) is 26.0 Å². The van der Waals surface area contributed by atoms with Gasteiger partial charge in [0.2, 0.25) is 5.91 Å². The van der Waals surface area contributed by atoms with E-state index < -0.39 is 22.0 Å². The Kier molecular flexibility index (Phi) is 7.05.